The fourth-order valence-electron chi connectivity index (χ4n) is 1.47. The highest BCUT2D eigenvalue weighted by Crippen LogP contribution is 2.30. The van der Waals surface area contributed by atoms with Crippen molar-refractivity contribution in [2.24, 2.45) is 0 Å². The van der Waals surface area contributed by atoms with E-state index in [1.54, 1.807) is 0 Å². The number of rotatable bonds is 4. The largest absolute Gasteiger partial charge is 0.267 e. The number of nitrogens with one attached hydrogen (secondary N) is 1. The number of nitrogens with zero attached hydrogens (tertiary/aromatic N) is 2. The summed E-state index contributed by atoms with van der Waals surface area (Å²) in [4.78, 5) is 12.9. The van der Waals surface area contributed by atoms with Crippen molar-refractivity contribution in [3.05, 3.63) is 52.9 Å². The van der Waals surface area contributed by atoms with Crippen LogP contribution in [0.5, 0.6) is 0 Å². The Labute approximate surface area is 113 Å². The third kappa shape index (κ3) is 3.15. The molecule has 1 heterocycles. The molecule has 0 aliphatic heterocycles. The summed E-state index contributed by atoms with van der Waals surface area (Å²) in [5.74, 6) is -0.991. The molecule has 4 nitrogen and oxygen atoms in total. The first kappa shape index (κ1) is 13.6. The number of halogens is 3. The van der Waals surface area contributed by atoms with Crippen LogP contribution in [-0.2, 0) is 4.84 Å². The van der Waals surface area contributed by atoms with E-state index in [9.17, 15) is 8.78 Å². The summed E-state index contributed by atoms with van der Waals surface area (Å²) in [7, 11) is 0. The lowest BCUT2D eigenvalue weighted by Gasteiger charge is -2.16. The standard InChI is InChI=1S/C12H10ClF2N3O/c1-7(19-18-10-6-16-4-5-17-10)11-8(14)2-3-9(15)12(11)13/h2-7H,1H3,(H,17,18). The summed E-state index contributed by atoms with van der Waals surface area (Å²) in [5, 5.41) is -0.298. The lowest BCUT2D eigenvalue weighted by atomic mass is 10.1. The van der Waals surface area contributed by atoms with Gasteiger partial charge in [-0.2, -0.15) is 0 Å². The van der Waals surface area contributed by atoms with Crippen molar-refractivity contribution >= 4 is 17.4 Å². The Hall–Kier alpha value is -1.79. The van der Waals surface area contributed by atoms with Crippen molar-refractivity contribution in [3.8, 4) is 0 Å². The number of hydrogen-bond acceptors (Lipinski definition) is 4. The Balaban J connectivity index is 2.12. The molecule has 0 aliphatic rings. The highest BCUT2D eigenvalue weighted by atomic mass is 35.5. The fraction of sp³-hybridized carbons (Fsp3) is 0.167. The Bertz CT molecular complexity index is 568. The monoisotopic (exact) mass is 285 g/mol. The van der Waals surface area contributed by atoms with Crippen molar-refractivity contribution in [1.82, 2.24) is 9.97 Å². The van der Waals surface area contributed by atoms with Gasteiger partial charge in [-0.15, -0.1) is 0 Å². The van der Waals surface area contributed by atoms with Crippen LogP contribution >= 0.6 is 11.6 Å². The quantitative estimate of drug-likeness (QED) is 0.690. The third-order valence-corrected chi connectivity index (χ3v) is 2.77. The Morgan fingerprint density at radius 3 is 2.68 bits per heavy atom. The molecule has 0 saturated carbocycles. The molecule has 0 amide bonds. The second-order valence-electron chi connectivity index (χ2n) is 3.71. The number of benzene rings is 1. The zero-order valence-corrected chi connectivity index (χ0v) is 10.7. The number of anilines is 1. The lowest BCUT2D eigenvalue weighted by Crippen LogP contribution is -2.10. The Kier molecular flexibility index (Phi) is 4.24. The van der Waals surface area contributed by atoms with E-state index < -0.39 is 17.7 Å². The zero-order chi connectivity index (χ0) is 13.8. The van der Waals surface area contributed by atoms with E-state index in [1.807, 2.05) is 0 Å². The SMILES string of the molecule is CC(ONc1cnccn1)c1c(F)ccc(F)c1Cl. The summed E-state index contributed by atoms with van der Waals surface area (Å²) < 4.78 is 26.9. The highest BCUT2D eigenvalue weighted by molar-refractivity contribution is 6.31. The van der Waals surface area contributed by atoms with Crippen LogP contribution in [-0.4, -0.2) is 9.97 Å². The van der Waals surface area contributed by atoms with Crippen molar-refractivity contribution in [3.63, 3.8) is 0 Å². The topological polar surface area (TPSA) is 47.0 Å². The van der Waals surface area contributed by atoms with E-state index >= 15 is 0 Å². The van der Waals surface area contributed by atoms with Crippen molar-refractivity contribution in [2.75, 3.05) is 5.48 Å². The van der Waals surface area contributed by atoms with Crippen molar-refractivity contribution in [1.29, 1.82) is 0 Å². The summed E-state index contributed by atoms with van der Waals surface area (Å²) in [6.45, 7) is 1.53. The van der Waals surface area contributed by atoms with Crippen LogP contribution in [0, 0.1) is 11.6 Å². The second-order valence-corrected chi connectivity index (χ2v) is 4.09. The van der Waals surface area contributed by atoms with Crippen LogP contribution in [0.4, 0.5) is 14.6 Å². The third-order valence-electron chi connectivity index (χ3n) is 2.39. The molecule has 7 heteroatoms. The lowest BCUT2D eigenvalue weighted by molar-refractivity contribution is 0.111. The van der Waals surface area contributed by atoms with Gasteiger partial charge in [-0.05, 0) is 19.1 Å². The fourth-order valence-corrected chi connectivity index (χ4v) is 1.78. The molecule has 0 spiro atoms. The Morgan fingerprint density at radius 2 is 2.00 bits per heavy atom. The molecule has 2 rings (SSSR count). The summed E-state index contributed by atoms with van der Waals surface area (Å²) in [5.41, 5.74) is 2.44. The van der Waals surface area contributed by atoms with Crippen LogP contribution < -0.4 is 5.48 Å². The van der Waals surface area contributed by atoms with Gasteiger partial charge in [0.1, 0.15) is 17.7 Å². The molecule has 100 valence electrons. The summed E-state index contributed by atoms with van der Waals surface area (Å²) in [6.07, 6.45) is 3.59. The van der Waals surface area contributed by atoms with Crippen molar-refractivity contribution in [2.45, 2.75) is 13.0 Å². The van der Waals surface area contributed by atoms with Crippen LogP contribution in [0.15, 0.2) is 30.7 Å². The van der Waals surface area contributed by atoms with Gasteiger partial charge < -0.3 is 0 Å². The molecule has 1 aromatic carbocycles. The molecule has 1 unspecified atom stereocenters. The predicted molar refractivity (Wildman–Crippen MR) is 66.5 cm³/mol. The summed E-state index contributed by atoms with van der Waals surface area (Å²) >= 11 is 5.72. The van der Waals surface area contributed by atoms with E-state index in [-0.39, 0.29) is 10.6 Å². The molecular weight excluding hydrogens is 276 g/mol. The van der Waals surface area contributed by atoms with Gasteiger partial charge in [-0.25, -0.2) is 19.2 Å². The highest BCUT2D eigenvalue weighted by Gasteiger charge is 2.19. The first-order valence-corrected chi connectivity index (χ1v) is 5.78. The minimum Gasteiger partial charge on any atom is -0.267 e. The van der Waals surface area contributed by atoms with Gasteiger partial charge >= 0.3 is 0 Å². The minimum absolute atomic E-state index is 0.0574. The van der Waals surface area contributed by atoms with Gasteiger partial charge in [0.25, 0.3) is 0 Å². The van der Waals surface area contributed by atoms with Crippen LogP contribution in [0.25, 0.3) is 0 Å². The van der Waals surface area contributed by atoms with Gasteiger partial charge in [0.2, 0.25) is 0 Å². The van der Waals surface area contributed by atoms with Gasteiger partial charge in [-0.1, -0.05) is 11.6 Å². The van der Waals surface area contributed by atoms with Gasteiger partial charge in [-0.3, -0.25) is 9.82 Å². The molecule has 19 heavy (non-hydrogen) atoms. The smallest absolute Gasteiger partial charge is 0.168 e. The van der Waals surface area contributed by atoms with Gasteiger partial charge in [0.15, 0.2) is 5.82 Å². The van der Waals surface area contributed by atoms with Gasteiger partial charge in [0, 0.05) is 18.0 Å². The first-order chi connectivity index (χ1) is 9.09. The zero-order valence-electron chi connectivity index (χ0n) is 9.90. The van der Waals surface area contributed by atoms with Crippen LogP contribution in [0.2, 0.25) is 5.02 Å². The molecular formula is C12H10ClF2N3O. The average molecular weight is 286 g/mol. The maximum atomic E-state index is 13.6. The molecule has 1 atom stereocenters. The van der Waals surface area contributed by atoms with E-state index in [0.717, 1.165) is 12.1 Å². The maximum Gasteiger partial charge on any atom is 0.168 e. The van der Waals surface area contributed by atoms with Crippen molar-refractivity contribution < 1.29 is 13.6 Å². The molecule has 1 N–H and O–H groups in total. The van der Waals surface area contributed by atoms with Crippen LogP contribution in [0.3, 0.4) is 0 Å². The maximum absolute atomic E-state index is 13.6. The predicted octanol–water partition coefficient (Wildman–Crippen LogP) is 3.51. The molecule has 0 fully saturated rings. The minimum atomic E-state index is -0.801. The summed E-state index contributed by atoms with van der Waals surface area (Å²) in [6, 6.07) is 1.96. The van der Waals surface area contributed by atoms with E-state index in [0.29, 0.717) is 5.82 Å². The first-order valence-electron chi connectivity index (χ1n) is 5.40. The average Bonchev–Trinajstić information content (AvgIpc) is 2.42. The van der Waals surface area contributed by atoms with E-state index in [2.05, 4.69) is 15.4 Å². The second kappa shape index (κ2) is 5.90. The van der Waals surface area contributed by atoms with E-state index in [4.69, 9.17) is 16.4 Å². The molecule has 1 aromatic heterocycles. The molecule has 0 saturated heterocycles. The molecule has 0 radical (unpaired) electrons. The number of aromatic nitrogens is 2. The number of hydrogen-bond donors (Lipinski definition) is 1. The van der Waals surface area contributed by atoms with Crippen LogP contribution in [0.1, 0.15) is 18.6 Å². The normalized spacial score (nSPS) is 12.2. The molecule has 0 aliphatic carbocycles. The van der Waals surface area contributed by atoms with E-state index in [1.165, 1.54) is 25.5 Å². The molecule has 0 bridgehead atoms. The molecule has 2 aromatic rings. The Morgan fingerprint density at radius 1 is 1.26 bits per heavy atom. The van der Waals surface area contributed by atoms with Gasteiger partial charge in [0.05, 0.1) is 11.2 Å².